The van der Waals surface area contributed by atoms with Crippen LogP contribution in [-0.2, 0) is 0 Å². The van der Waals surface area contributed by atoms with E-state index in [9.17, 15) is 0 Å². The normalized spacial score (nSPS) is 10.9. The highest BCUT2D eigenvalue weighted by Crippen LogP contribution is 2.22. The van der Waals surface area contributed by atoms with Gasteiger partial charge >= 0.3 is 0 Å². The van der Waals surface area contributed by atoms with Gasteiger partial charge in [0.2, 0.25) is 0 Å². The van der Waals surface area contributed by atoms with E-state index in [-0.39, 0.29) is 0 Å². The maximum Gasteiger partial charge on any atom is 0.157 e. The molecule has 0 amide bonds. The summed E-state index contributed by atoms with van der Waals surface area (Å²) in [5.41, 5.74) is 5.46. The number of hydrogen-bond acceptors (Lipinski definition) is 2. The maximum absolute atomic E-state index is 4.63. The van der Waals surface area contributed by atoms with Gasteiger partial charge in [-0.05, 0) is 43.2 Å². The number of pyridine rings is 1. The fourth-order valence-electron chi connectivity index (χ4n) is 1.94. The molecule has 17 heavy (non-hydrogen) atoms. The highest BCUT2D eigenvalue weighted by molar-refractivity contribution is 5.82. The van der Waals surface area contributed by atoms with Crippen molar-refractivity contribution in [3.05, 3.63) is 47.7 Å². The van der Waals surface area contributed by atoms with E-state index < -0.39 is 0 Å². The Morgan fingerprint density at radius 2 is 1.94 bits per heavy atom. The van der Waals surface area contributed by atoms with E-state index in [1.165, 1.54) is 11.1 Å². The van der Waals surface area contributed by atoms with Crippen molar-refractivity contribution in [2.75, 3.05) is 0 Å². The lowest BCUT2D eigenvalue weighted by Crippen LogP contribution is -1.83. The second kappa shape index (κ2) is 3.70. The molecule has 3 rings (SSSR count). The van der Waals surface area contributed by atoms with Crippen LogP contribution in [0.3, 0.4) is 0 Å². The summed E-state index contributed by atoms with van der Waals surface area (Å²) in [7, 11) is 0. The van der Waals surface area contributed by atoms with Crippen molar-refractivity contribution in [3.63, 3.8) is 0 Å². The van der Waals surface area contributed by atoms with Crippen LogP contribution in [0, 0.1) is 13.8 Å². The molecule has 0 bridgehead atoms. The Balaban J connectivity index is 2.24. The molecule has 0 fully saturated rings. The van der Waals surface area contributed by atoms with Crippen LogP contribution in [0.2, 0.25) is 0 Å². The molecule has 1 aromatic carbocycles. The second-order valence-electron chi connectivity index (χ2n) is 4.20. The van der Waals surface area contributed by atoms with Crippen molar-refractivity contribution in [2.45, 2.75) is 13.8 Å². The van der Waals surface area contributed by atoms with Crippen LogP contribution in [0.4, 0.5) is 0 Å². The Bertz CT molecular complexity index is 669. The number of nitrogens with one attached hydrogen (secondary N) is 1. The Hall–Kier alpha value is -2.16. The third-order valence-corrected chi connectivity index (χ3v) is 3.09. The van der Waals surface area contributed by atoms with Gasteiger partial charge in [0, 0.05) is 6.20 Å². The SMILES string of the molecule is Cc1ccc2[nH]c(-c3ccccn3)nc2c1C. The molecule has 0 aliphatic rings. The van der Waals surface area contributed by atoms with Crippen molar-refractivity contribution in [1.82, 2.24) is 15.0 Å². The molecule has 0 aliphatic carbocycles. The molecule has 0 atom stereocenters. The first kappa shape index (κ1) is 10.0. The van der Waals surface area contributed by atoms with Crippen LogP contribution < -0.4 is 0 Å². The zero-order chi connectivity index (χ0) is 11.8. The molecule has 0 unspecified atom stereocenters. The topological polar surface area (TPSA) is 41.6 Å². The molecule has 0 spiro atoms. The summed E-state index contributed by atoms with van der Waals surface area (Å²) in [4.78, 5) is 12.2. The lowest BCUT2D eigenvalue weighted by atomic mass is 10.1. The number of imidazole rings is 1. The molecule has 3 nitrogen and oxygen atoms in total. The Labute approximate surface area is 99.5 Å². The van der Waals surface area contributed by atoms with Crippen LogP contribution in [-0.4, -0.2) is 15.0 Å². The summed E-state index contributed by atoms with van der Waals surface area (Å²) < 4.78 is 0. The van der Waals surface area contributed by atoms with Gasteiger partial charge in [-0.3, -0.25) is 4.98 Å². The number of aromatic amines is 1. The molecule has 84 valence electrons. The average Bonchev–Trinajstić information content (AvgIpc) is 2.80. The fraction of sp³-hybridized carbons (Fsp3) is 0.143. The molecule has 0 saturated carbocycles. The van der Waals surface area contributed by atoms with E-state index in [2.05, 4.69) is 40.9 Å². The molecular weight excluding hydrogens is 210 g/mol. The van der Waals surface area contributed by atoms with Crippen molar-refractivity contribution in [2.24, 2.45) is 0 Å². The molecular formula is C14H13N3. The molecule has 0 aliphatic heterocycles. The molecule has 2 aromatic heterocycles. The zero-order valence-electron chi connectivity index (χ0n) is 9.86. The Morgan fingerprint density at radius 3 is 2.71 bits per heavy atom. The number of rotatable bonds is 1. The third-order valence-electron chi connectivity index (χ3n) is 3.09. The van der Waals surface area contributed by atoms with E-state index in [1.54, 1.807) is 6.20 Å². The maximum atomic E-state index is 4.63. The minimum absolute atomic E-state index is 0.828. The van der Waals surface area contributed by atoms with Crippen molar-refractivity contribution in [1.29, 1.82) is 0 Å². The van der Waals surface area contributed by atoms with E-state index >= 15 is 0 Å². The van der Waals surface area contributed by atoms with Gasteiger partial charge in [-0.2, -0.15) is 0 Å². The summed E-state index contributed by atoms with van der Waals surface area (Å²) in [5.74, 6) is 0.828. The number of hydrogen-bond donors (Lipinski definition) is 1. The Morgan fingerprint density at radius 1 is 1.06 bits per heavy atom. The molecule has 2 heterocycles. The molecule has 3 heteroatoms. The third kappa shape index (κ3) is 1.60. The van der Waals surface area contributed by atoms with Crippen molar-refractivity contribution < 1.29 is 0 Å². The smallest absolute Gasteiger partial charge is 0.157 e. The largest absolute Gasteiger partial charge is 0.337 e. The number of aromatic nitrogens is 3. The quantitative estimate of drug-likeness (QED) is 0.688. The first-order valence-electron chi connectivity index (χ1n) is 5.63. The summed E-state index contributed by atoms with van der Waals surface area (Å²) in [6.45, 7) is 4.20. The zero-order valence-corrected chi connectivity index (χ0v) is 9.86. The number of H-pyrrole nitrogens is 1. The fourth-order valence-corrected chi connectivity index (χ4v) is 1.94. The van der Waals surface area contributed by atoms with Gasteiger partial charge in [0.1, 0.15) is 5.69 Å². The minimum atomic E-state index is 0.828. The van der Waals surface area contributed by atoms with E-state index in [4.69, 9.17) is 0 Å². The van der Waals surface area contributed by atoms with Crippen LogP contribution in [0.1, 0.15) is 11.1 Å². The number of nitrogens with zero attached hydrogens (tertiary/aromatic N) is 2. The Kier molecular flexibility index (Phi) is 2.18. The van der Waals surface area contributed by atoms with E-state index in [0.717, 1.165) is 22.6 Å². The molecule has 1 N–H and O–H groups in total. The summed E-state index contributed by atoms with van der Waals surface area (Å²) in [6.07, 6.45) is 1.78. The molecule has 0 radical (unpaired) electrons. The predicted molar refractivity (Wildman–Crippen MR) is 68.8 cm³/mol. The van der Waals surface area contributed by atoms with Crippen LogP contribution in [0.15, 0.2) is 36.5 Å². The van der Waals surface area contributed by atoms with Gasteiger partial charge in [0.25, 0.3) is 0 Å². The summed E-state index contributed by atoms with van der Waals surface area (Å²) in [6, 6.07) is 10.0. The van der Waals surface area contributed by atoms with Crippen LogP contribution in [0.5, 0.6) is 0 Å². The minimum Gasteiger partial charge on any atom is -0.337 e. The van der Waals surface area contributed by atoms with Gasteiger partial charge in [-0.1, -0.05) is 12.1 Å². The van der Waals surface area contributed by atoms with Gasteiger partial charge < -0.3 is 4.98 Å². The first-order valence-corrected chi connectivity index (χ1v) is 5.63. The monoisotopic (exact) mass is 223 g/mol. The number of aryl methyl sites for hydroxylation is 2. The van der Waals surface area contributed by atoms with Crippen LogP contribution >= 0.6 is 0 Å². The van der Waals surface area contributed by atoms with Crippen LogP contribution in [0.25, 0.3) is 22.6 Å². The first-order chi connectivity index (χ1) is 8.25. The summed E-state index contributed by atoms with van der Waals surface area (Å²) in [5, 5.41) is 0. The average molecular weight is 223 g/mol. The van der Waals surface area contributed by atoms with Gasteiger partial charge in [0.15, 0.2) is 5.82 Å². The van der Waals surface area contributed by atoms with Crippen molar-refractivity contribution >= 4 is 11.0 Å². The lowest BCUT2D eigenvalue weighted by molar-refractivity contribution is 1.23. The van der Waals surface area contributed by atoms with E-state index in [0.29, 0.717) is 0 Å². The molecule has 0 saturated heterocycles. The standard InChI is InChI=1S/C14H13N3/c1-9-6-7-11-13(10(9)2)17-14(16-11)12-5-3-4-8-15-12/h3-8H,1-2H3,(H,16,17). The molecule has 3 aromatic rings. The van der Waals surface area contributed by atoms with Gasteiger partial charge in [-0.15, -0.1) is 0 Å². The second-order valence-corrected chi connectivity index (χ2v) is 4.20. The van der Waals surface area contributed by atoms with Gasteiger partial charge in [0.05, 0.1) is 11.0 Å². The predicted octanol–water partition coefficient (Wildman–Crippen LogP) is 3.24. The van der Waals surface area contributed by atoms with Gasteiger partial charge in [-0.25, -0.2) is 4.98 Å². The summed E-state index contributed by atoms with van der Waals surface area (Å²) >= 11 is 0. The highest BCUT2D eigenvalue weighted by atomic mass is 14.9. The lowest BCUT2D eigenvalue weighted by Gasteiger charge is -1.98. The number of fused-ring (bicyclic) bond motifs is 1. The highest BCUT2D eigenvalue weighted by Gasteiger charge is 2.08. The van der Waals surface area contributed by atoms with Crippen molar-refractivity contribution in [3.8, 4) is 11.5 Å². The van der Waals surface area contributed by atoms with E-state index in [1.807, 2.05) is 18.2 Å². The number of benzene rings is 1.